The Labute approximate surface area is 177 Å². The molecule has 0 radical (unpaired) electrons. The number of rotatable bonds is 6. The minimum atomic E-state index is 0.277. The fourth-order valence-electron chi connectivity index (χ4n) is 4.43. The molecule has 0 spiro atoms. The van der Waals surface area contributed by atoms with Gasteiger partial charge >= 0.3 is 0 Å². The Morgan fingerprint density at radius 3 is 2.83 bits per heavy atom. The van der Waals surface area contributed by atoms with Crippen molar-refractivity contribution in [1.82, 2.24) is 14.7 Å². The highest BCUT2D eigenvalue weighted by Crippen LogP contribution is 2.37. The van der Waals surface area contributed by atoms with Crippen LogP contribution >= 0.6 is 0 Å². The Bertz CT molecular complexity index is 1000. The molecular weight excluding hydrogens is 378 g/mol. The Morgan fingerprint density at radius 1 is 1.10 bits per heavy atom. The first-order valence-corrected chi connectivity index (χ1v) is 10.6. The van der Waals surface area contributed by atoms with Crippen molar-refractivity contribution in [2.24, 2.45) is 5.92 Å². The summed E-state index contributed by atoms with van der Waals surface area (Å²) in [7, 11) is 1.79. The standard InChI is InChI=1S/C24H27N3O3/c1-28-16-18-6-5-11-26(13-18)14-20-15-27(21-7-3-2-4-8-21)25-24(20)19-9-10-22-23(12-19)30-17-29-22/h2-4,7-10,12,15,18H,5-6,11,13-14,16-17H2,1H3/t18-/m0/s1. The van der Waals surface area contributed by atoms with Crippen molar-refractivity contribution in [1.29, 1.82) is 0 Å². The number of likely N-dealkylation sites (tertiary alicyclic amines) is 1. The molecule has 6 heteroatoms. The quantitative estimate of drug-likeness (QED) is 0.617. The van der Waals surface area contributed by atoms with E-state index in [0.717, 1.165) is 54.7 Å². The highest BCUT2D eigenvalue weighted by Gasteiger charge is 2.23. The lowest BCUT2D eigenvalue weighted by molar-refractivity contribution is 0.0874. The van der Waals surface area contributed by atoms with Crippen LogP contribution in [0.25, 0.3) is 16.9 Å². The van der Waals surface area contributed by atoms with Gasteiger partial charge in [-0.05, 0) is 55.6 Å². The average molecular weight is 405 g/mol. The van der Waals surface area contributed by atoms with E-state index < -0.39 is 0 Å². The number of para-hydroxylation sites is 1. The van der Waals surface area contributed by atoms with Crippen LogP contribution in [0.2, 0.25) is 0 Å². The first-order chi connectivity index (χ1) is 14.8. The summed E-state index contributed by atoms with van der Waals surface area (Å²) >= 11 is 0. The molecule has 1 atom stereocenters. The van der Waals surface area contributed by atoms with Gasteiger partial charge in [0, 0.05) is 37.5 Å². The number of aromatic nitrogens is 2. The molecule has 2 aromatic carbocycles. The van der Waals surface area contributed by atoms with Crippen LogP contribution in [-0.4, -0.2) is 48.3 Å². The minimum Gasteiger partial charge on any atom is -0.454 e. The molecule has 30 heavy (non-hydrogen) atoms. The first kappa shape index (κ1) is 19.2. The van der Waals surface area contributed by atoms with Gasteiger partial charge in [0.05, 0.1) is 18.0 Å². The molecule has 1 fully saturated rings. The fourth-order valence-corrected chi connectivity index (χ4v) is 4.43. The van der Waals surface area contributed by atoms with Gasteiger partial charge in [0.2, 0.25) is 6.79 Å². The van der Waals surface area contributed by atoms with Crippen LogP contribution < -0.4 is 9.47 Å². The van der Waals surface area contributed by atoms with Crippen LogP contribution in [0.5, 0.6) is 11.5 Å². The molecule has 1 saturated heterocycles. The summed E-state index contributed by atoms with van der Waals surface area (Å²) in [4.78, 5) is 2.52. The van der Waals surface area contributed by atoms with Gasteiger partial charge in [-0.15, -0.1) is 0 Å². The largest absolute Gasteiger partial charge is 0.454 e. The predicted octanol–water partition coefficient (Wildman–Crippen LogP) is 4.13. The lowest BCUT2D eigenvalue weighted by Crippen LogP contribution is -2.36. The molecule has 0 N–H and O–H groups in total. The van der Waals surface area contributed by atoms with Crippen molar-refractivity contribution < 1.29 is 14.2 Å². The van der Waals surface area contributed by atoms with E-state index >= 15 is 0 Å². The number of hydrogen-bond donors (Lipinski definition) is 0. The lowest BCUT2D eigenvalue weighted by atomic mass is 9.98. The second-order valence-corrected chi connectivity index (χ2v) is 8.05. The van der Waals surface area contributed by atoms with Gasteiger partial charge in [-0.2, -0.15) is 5.10 Å². The molecule has 2 aliphatic heterocycles. The molecule has 2 aliphatic rings. The Hall–Kier alpha value is -2.83. The summed E-state index contributed by atoms with van der Waals surface area (Å²) < 4.78 is 18.5. The van der Waals surface area contributed by atoms with Gasteiger partial charge in [0.1, 0.15) is 0 Å². The molecule has 5 rings (SSSR count). The molecule has 0 unspecified atom stereocenters. The number of ether oxygens (including phenoxy) is 3. The minimum absolute atomic E-state index is 0.277. The normalized spacial score (nSPS) is 18.6. The summed E-state index contributed by atoms with van der Waals surface area (Å²) in [6.07, 6.45) is 4.61. The van der Waals surface area contributed by atoms with Gasteiger partial charge in [-0.3, -0.25) is 4.90 Å². The van der Waals surface area contributed by atoms with E-state index in [9.17, 15) is 0 Å². The van der Waals surface area contributed by atoms with E-state index in [1.165, 1.54) is 18.4 Å². The molecule has 0 saturated carbocycles. The van der Waals surface area contributed by atoms with Gasteiger partial charge in [0.15, 0.2) is 11.5 Å². The van der Waals surface area contributed by atoms with Crippen LogP contribution in [0.15, 0.2) is 54.7 Å². The van der Waals surface area contributed by atoms with Gasteiger partial charge in [-0.25, -0.2) is 4.68 Å². The molecule has 6 nitrogen and oxygen atoms in total. The van der Waals surface area contributed by atoms with Gasteiger partial charge in [0.25, 0.3) is 0 Å². The van der Waals surface area contributed by atoms with Crippen LogP contribution in [0.3, 0.4) is 0 Å². The number of benzene rings is 2. The maximum absolute atomic E-state index is 5.60. The molecule has 0 aliphatic carbocycles. The molecule has 1 aromatic heterocycles. The Balaban J connectivity index is 1.48. The summed E-state index contributed by atoms with van der Waals surface area (Å²) in [5.74, 6) is 2.17. The third-order valence-electron chi connectivity index (χ3n) is 5.86. The molecule has 3 aromatic rings. The molecule has 3 heterocycles. The average Bonchev–Trinajstić information content (AvgIpc) is 3.41. The third kappa shape index (κ3) is 3.93. The topological polar surface area (TPSA) is 48.8 Å². The van der Waals surface area contributed by atoms with Crippen molar-refractivity contribution in [2.45, 2.75) is 19.4 Å². The van der Waals surface area contributed by atoms with E-state index in [4.69, 9.17) is 19.3 Å². The summed E-state index contributed by atoms with van der Waals surface area (Å²) in [5.41, 5.74) is 4.32. The molecule has 156 valence electrons. The number of nitrogens with zero attached hydrogens (tertiary/aromatic N) is 3. The van der Waals surface area contributed by atoms with Crippen LogP contribution in [0, 0.1) is 5.92 Å². The molecular formula is C24H27N3O3. The van der Waals surface area contributed by atoms with E-state index in [1.807, 2.05) is 35.0 Å². The third-order valence-corrected chi connectivity index (χ3v) is 5.86. The van der Waals surface area contributed by atoms with E-state index in [2.05, 4.69) is 29.3 Å². The monoisotopic (exact) mass is 405 g/mol. The summed E-state index contributed by atoms with van der Waals surface area (Å²) in [6.45, 7) is 4.15. The SMILES string of the molecule is COC[C@H]1CCCN(Cc2cn(-c3ccccc3)nc2-c2ccc3c(c2)OCO3)C1. The number of piperidine rings is 1. The highest BCUT2D eigenvalue weighted by molar-refractivity contribution is 5.67. The fraction of sp³-hybridized carbons (Fsp3) is 0.375. The molecule has 0 amide bonds. The van der Waals surface area contributed by atoms with Crippen molar-refractivity contribution in [3.63, 3.8) is 0 Å². The van der Waals surface area contributed by atoms with Crippen LogP contribution in [0.4, 0.5) is 0 Å². The van der Waals surface area contributed by atoms with Crippen LogP contribution in [-0.2, 0) is 11.3 Å². The zero-order chi connectivity index (χ0) is 20.3. The second-order valence-electron chi connectivity index (χ2n) is 8.05. The maximum Gasteiger partial charge on any atom is 0.231 e. The zero-order valence-electron chi connectivity index (χ0n) is 17.3. The van der Waals surface area contributed by atoms with E-state index in [0.29, 0.717) is 5.92 Å². The molecule has 0 bridgehead atoms. The van der Waals surface area contributed by atoms with Gasteiger partial charge < -0.3 is 14.2 Å². The van der Waals surface area contributed by atoms with Crippen molar-refractivity contribution >= 4 is 0 Å². The van der Waals surface area contributed by atoms with Crippen molar-refractivity contribution in [2.75, 3.05) is 33.6 Å². The second kappa shape index (κ2) is 8.50. The smallest absolute Gasteiger partial charge is 0.231 e. The predicted molar refractivity (Wildman–Crippen MR) is 115 cm³/mol. The Morgan fingerprint density at radius 2 is 1.97 bits per heavy atom. The lowest BCUT2D eigenvalue weighted by Gasteiger charge is -2.32. The Kier molecular flexibility index (Phi) is 5.43. The van der Waals surface area contributed by atoms with Crippen molar-refractivity contribution in [3.8, 4) is 28.4 Å². The van der Waals surface area contributed by atoms with Gasteiger partial charge in [-0.1, -0.05) is 18.2 Å². The summed E-state index contributed by atoms with van der Waals surface area (Å²) in [6, 6.07) is 16.3. The highest BCUT2D eigenvalue weighted by atomic mass is 16.7. The number of hydrogen-bond acceptors (Lipinski definition) is 5. The maximum atomic E-state index is 5.60. The first-order valence-electron chi connectivity index (χ1n) is 10.6. The number of fused-ring (bicyclic) bond motifs is 1. The van der Waals surface area contributed by atoms with E-state index in [-0.39, 0.29) is 6.79 Å². The van der Waals surface area contributed by atoms with E-state index in [1.54, 1.807) is 7.11 Å². The summed E-state index contributed by atoms with van der Waals surface area (Å²) in [5, 5.41) is 4.97. The van der Waals surface area contributed by atoms with Crippen LogP contribution in [0.1, 0.15) is 18.4 Å². The number of methoxy groups -OCH3 is 1. The zero-order valence-corrected chi connectivity index (χ0v) is 17.3. The van der Waals surface area contributed by atoms with Crippen molar-refractivity contribution in [3.05, 3.63) is 60.3 Å².